The summed E-state index contributed by atoms with van der Waals surface area (Å²) in [6.45, 7) is 3.54. The fraction of sp³-hybridized carbons (Fsp3) is 0.188. The Bertz CT molecular complexity index is 884. The largest absolute Gasteiger partial charge is 0.327 e. The first-order chi connectivity index (χ1) is 11.0. The van der Waals surface area contributed by atoms with Gasteiger partial charge in [0.2, 0.25) is 5.91 Å². The van der Waals surface area contributed by atoms with Crippen molar-refractivity contribution in [2.75, 3.05) is 5.32 Å². The molecule has 0 aliphatic heterocycles. The highest BCUT2D eigenvalue weighted by Gasteiger charge is 2.17. The monoisotopic (exact) mass is 345 g/mol. The predicted octanol–water partition coefficient (Wildman–Crippen LogP) is 3.41. The standard InChI is InChI=1S/C16H15N3O2S2/c1-9-7-11(8-17-14(9)20)18-15(21)10(2)22-16-19-12-5-3-4-6-13(12)23-16/h3-8,10H,1-2H3,(H,17,20)(H,18,21)/t10-/m1/s1. The molecular formula is C16H15N3O2S2. The molecule has 7 heteroatoms. The van der Waals surface area contributed by atoms with Crippen LogP contribution >= 0.6 is 23.1 Å². The zero-order chi connectivity index (χ0) is 16.4. The maximum absolute atomic E-state index is 12.3. The number of aromatic nitrogens is 2. The fourth-order valence-corrected chi connectivity index (χ4v) is 4.23. The van der Waals surface area contributed by atoms with Gasteiger partial charge in [-0.25, -0.2) is 4.98 Å². The summed E-state index contributed by atoms with van der Waals surface area (Å²) in [5, 5.41) is 2.52. The molecule has 0 bridgehead atoms. The minimum Gasteiger partial charge on any atom is -0.327 e. The maximum Gasteiger partial charge on any atom is 0.250 e. The van der Waals surface area contributed by atoms with Crippen LogP contribution in [0.5, 0.6) is 0 Å². The highest BCUT2D eigenvalue weighted by molar-refractivity contribution is 8.02. The minimum atomic E-state index is -0.289. The number of amides is 1. The number of thiazole rings is 1. The molecule has 3 rings (SSSR count). The molecule has 2 aromatic heterocycles. The summed E-state index contributed by atoms with van der Waals surface area (Å²) >= 11 is 3.01. The van der Waals surface area contributed by atoms with Gasteiger partial charge in [-0.1, -0.05) is 23.9 Å². The molecule has 1 atom stereocenters. The van der Waals surface area contributed by atoms with E-state index in [1.54, 1.807) is 24.3 Å². The molecule has 0 saturated carbocycles. The number of rotatable bonds is 4. The molecule has 118 valence electrons. The van der Waals surface area contributed by atoms with Crippen LogP contribution in [0.2, 0.25) is 0 Å². The first-order valence-corrected chi connectivity index (χ1v) is 8.75. The first kappa shape index (κ1) is 15.8. The summed E-state index contributed by atoms with van der Waals surface area (Å²) in [5.41, 5.74) is 1.95. The number of carbonyl (C=O) groups is 1. The smallest absolute Gasteiger partial charge is 0.250 e. The molecule has 0 aliphatic carbocycles. The molecule has 0 aliphatic rings. The molecule has 2 heterocycles. The topological polar surface area (TPSA) is 74.8 Å². The Morgan fingerprint density at radius 2 is 2.17 bits per heavy atom. The SMILES string of the molecule is Cc1cc(NC(=O)[C@@H](C)Sc2nc3ccccc3s2)c[nH]c1=O. The lowest BCUT2D eigenvalue weighted by atomic mass is 10.3. The second kappa shape index (κ2) is 6.55. The van der Waals surface area contributed by atoms with Crippen molar-refractivity contribution >= 4 is 44.9 Å². The zero-order valence-electron chi connectivity index (χ0n) is 12.6. The van der Waals surface area contributed by atoms with Crippen LogP contribution in [0, 0.1) is 6.92 Å². The molecule has 0 radical (unpaired) electrons. The number of thioether (sulfide) groups is 1. The summed E-state index contributed by atoms with van der Waals surface area (Å²) in [5.74, 6) is -0.124. The number of pyridine rings is 1. The van der Waals surface area contributed by atoms with Crippen LogP contribution in [0.25, 0.3) is 10.2 Å². The van der Waals surface area contributed by atoms with Crippen LogP contribution in [0.4, 0.5) is 5.69 Å². The van der Waals surface area contributed by atoms with E-state index in [9.17, 15) is 9.59 Å². The van der Waals surface area contributed by atoms with Crippen molar-refractivity contribution in [2.45, 2.75) is 23.4 Å². The maximum atomic E-state index is 12.3. The Morgan fingerprint density at radius 1 is 1.39 bits per heavy atom. The van der Waals surface area contributed by atoms with E-state index in [1.807, 2.05) is 31.2 Å². The van der Waals surface area contributed by atoms with E-state index < -0.39 is 0 Å². The van der Waals surface area contributed by atoms with Gasteiger partial charge in [-0.3, -0.25) is 9.59 Å². The summed E-state index contributed by atoms with van der Waals surface area (Å²) in [6, 6.07) is 9.56. The van der Waals surface area contributed by atoms with Gasteiger partial charge in [0.05, 0.1) is 21.2 Å². The predicted molar refractivity (Wildman–Crippen MR) is 95.4 cm³/mol. The number of aryl methyl sites for hydroxylation is 1. The molecule has 3 aromatic rings. The van der Waals surface area contributed by atoms with E-state index in [-0.39, 0.29) is 16.7 Å². The Balaban J connectivity index is 1.69. The number of H-pyrrole nitrogens is 1. The average molecular weight is 345 g/mol. The number of carbonyl (C=O) groups excluding carboxylic acids is 1. The highest BCUT2D eigenvalue weighted by Crippen LogP contribution is 2.32. The summed E-state index contributed by atoms with van der Waals surface area (Å²) in [4.78, 5) is 30.7. The van der Waals surface area contributed by atoms with Gasteiger partial charge in [0.25, 0.3) is 5.56 Å². The van der Waals surface area contributed by atoms with Crippen molar-refractivity contribution in [1.82, 2.24) is 9.97 Å². The number of anilines is 1. The Labute approximate surface area is 141 Å². The van der Waals surface area contributed by atoms with Crippen LogP contribution in [0.3, 0.4) is 0 Å². The lowest BCUT2D eigenvalue weighted by Gasteiger charge is -2.10. The van der Waals surface area contributed by atoms with E-state index in [0.717, 1.165) is 14.6 Å². The van der Waals surface area contributed by atoms with Crippen molar-refractivity contribution in [3.63, 3.8) is 0 Å². The normalized spacial score (nSPS) is 12.3. The minimum absolute atomic E-state index is 0.124. The van der Waals surface area contributed by atoms with Gasteiger partial charge in [0.1, 0.15) is 0 Å². The third-order valence-electron chi connectivity index (χ3n) is 3.28. The van der Waals surface area contributed by atoms with E-state index in [1.165, 1.54) is 18.0 Å². The van der Waals surface area contributed by atoms with Crippen molar-refractivity contribution in [3.05, 3.63) is 52.4 Å². The number of hydrogen-bond donors (Lipinski definition) is 2. The van der Waals surface area contributed by atoms with Crippen molar-refractivity contribution in [2.24, 2.45) is 0 Å². The van der Waals surface area contributed by atoms with E-state index in [4.69, 9.17) is 0 Å². The van der Waals surface area contributed by atoms with Gasteiger partial charge in [-0.05, 0) is 32.0 Å². The second-order valence-corrected chi connectivity index (χ2v) is 7.72. The summed E-state index contributed by atoms with van der Waals surface area (Å²) in [6.07, 6.45) is 1.50. The van der Waals surface area contributed by atoms with Gasteiger partial charge in [0, 0.05) is 11.8 Å². The van der Waals surface area contributed by atoms with E-state index >= 15 is 0 Å². The Morgan fingerprint density at radius 3 is 2.91 bits per heavy atom. The Hall–Kier alpha value is -2.12. The highest BCUT2D eigenvalue weighted by atomic mass is 32.2. The first-order valence-electron chi connectivity index (χ1n) is 7.05. The molecule has 23 heavy (non-hydrogen) atoms. The van der Waals surface area contributed by atoms with Crippen LogP contribution in [0.15, 0.2) is 45.7 Å². The molecule has 1 amide bonds. The number of fused-ring (bicyclic) bond motifs is 1. The van der Waals surface area contributed by atoms with Crippen LogP contribution < -0.4 is 10.9 Å². The third kappa shape index (κ3) is 3.62. The van der Waals surface area contributed by atoms with Gasteiger partial charge in [0.15, 0.2) is 4.34 Å². The molecule has 0 spiro atoms. The van der Waals surface area contributed by atoms with Crippen molar-refractivity contribution < 1.29 is 4.79 Å². The zero-order valence-corrected chi connectivity index (χ0v) is 14.3. The van der Waals surface area contributed by atoms with E-state index in [0.29, 0.717) is 11.3 Å². The molecule has 1 aromatic carbocycles. The molecule has 0 fully saturated rings. The number of nitrogens with one attached hydrogen (secondary N) is 2. The van der Waals surface area contributed by atoms with Gasteiger partial charge < -0.3 is 10.3 Å². The average Bonchev–Trinajstić information content (AvgIpc) is 2.93. The molecule has 0 saturated heterocycles. The van der Waals surface area contributed by atoms with Crippen molar-refractivity contribution in [3.8, 4) is 0 Å². The number of aromatic amines is 1. The molecular weight excluding hydrogens is 330 g/mol. The Kier molecular flexibility index (Phi) is 4.49. The lowest BCUT2D eigenvalue weighted by molar-refractivity contribution is -0.115. The summed E-state index contributed by atoms with van der Waals surface area (Å²) < 4.78 is 1.98. The van der Waals surface area contributed by atoms with Crippen molar-refractivity contribution in [1.29, 1.82) is 0 Å². The molecule has 0 unspecified atom stereocenters. The third-order valence-corrected chi connectivity index (χ3v) is 5.51. The summed E-state index contributed by atoms with van der Waals surface area (Å²) in [7, 11) is 0. The number of para-hydroxylation sites is 1. The fourth-order valence-electron chi connectivity index (χ4n) is 2.02. The van der Waals surface area contributed by atoms with Gasteiger partial charge in [-0.15, -0.1) is 11.3 Å². The quantitative estimate of drug-likeness (QED) is 0.711. The van der Waals surface area contributed by atoms with Gasteiger partial charge >= 0.3 is 0 Å². The number of hydrogen-bond acceptors (Lipinski definition) is 5. The molecule has 2 N–H and O–H groups in total. The van der Waals surface area contributed by atoms with E-state index in [2.05, 4.69) is 15.3 Å². The lowest BCUT2D eigenvalue weighted by Crippen LogP contribution is -2.23. The van der Waals surface area contributed by atoms with Crippen LogP contribution in [-0.4, -0.2) is 21.1 Å². The molecule has 5 nitrogen and oxygen atoms in total. The van der Waals surface area contributed by atoms with Crippen LogP contribution in [-0.2, 0) is 4.79 Å². The number of nitrogens with zero attached hydrogens (tertiary/aromatic N) is 1. The number of benzene rings is 1. The second-order valence-electron chi connectivity index (χ2n) is 5.10. The van der Waals surface area contributed by atoms with Crippen LogP contribution in [0.1, 0.15) is 12.5 Å². The van der Waals surface area contributed by atoms with Gasteiger partial charge in [-0.2, -0.15) is 0 Å².